The van der Waals surface area contributed by atoms with Gasteiger partial charge in [-0.25, -0.2) is 4.79 Å². The molecule has 3 aromatic rings. The number of benzene rings is 3. The molecule has 4 rings (SSSR count). The normalized spacial score (nSPS) is 17.8. The van der Waals surface area contributed by atoms with Crippen LogP contribution in [0.25, 0.3) is 0 Å². The molecule has 0 bridgehead atoms. The number of aryl methyl sites for hydroxylation is 1. The zero-order valence-electron chi connectivity index (χ0n) is 21.1. The molecule has 1 unspecified atom stereocenters. The average Bonchev–Trinajstić information content (AvgIpc) is 3.26. The summed E-state index contributed by atoms with van der Waals surface area (Å²) in [7, 11) is 1.57. The lowest BCUT2D eigenvalue weighted by Gasteiger charge is -2.31. The minimum Gasteiger partial charge on any atom is -0.445 e. The van der Waals surface area contributed by atoms with Crippen LogP contribution in [-0.2, 0) is 33.8 Å². The number of carbonyl (C=O) groups excluding carboxylic acids is 3. The average molecular weight is 500 g/mol. The van der Waals surface area contributed by atoms with Gasteiger partial charge in [0, 0.05) is 20.0 Å². The van der Waals surface area contributed by atoms with Gasteiger partial charge in [0.25, 0.3) is 0 Å². The number of likely N-dealkylation sites (N-methyl/N-ethyl adjacent to an activating group) is 1. The maximum atomic E-state index is 14.0. The molecular weight excluding hydrogens is 466 g/mol. The van der Waals surface area contributed by atoms with Crippen molar-refractivity contribution >= 4 is 17.9 Å². The third kappa shape index (κ3) is 6.55. The van der Waals surface area contributed by atoms with E-state index in [0.717, 1.165) is 16.7 Å². The van der Waals surface area contributed by atoms with Crippen LogP contribution >= 0.6 is 0 Å². The van der Waals surface area contributed by atoms with Gasteiger partial charge < -0.3 is 20.3 Å². The summed E-state index contributed by atoms with van der Waals surface area (Å²) >= 11 is 0. The van der Waals surface area contributed by atoms with E-state index in [0.29, 0.717) is 32.2 Å². The van der Waals surface area contributed by atoms with E-state index in [1.54, 1.807) is 11.9 Å². The maximum absolute atomic E-state index is 14.0. The predicted molar refractivity (Wildman–Crippen MR) is 142 cm³/mol. The van der Waals surface area contributed by atoms with Gasteiger partial charge in [-0.15, -0.1) is 0 Å². The van der Waals surface area contributed by atoms with Crippen molar-refractivity contribution in [2.45, 2.75) is 43.9 Å². The first-order valence-electron chi connectivity index (χ1n) is 12.6. The number of likely N-dealkylation sites (tertiary alicyclic amines) is 1. The van der Waals surface area contributed by atoms with E-state index >= 15 is 0 Å². The van der Waals surface area contributed by atoms with Gasteiger partial charge in [-0.2, -0.15) is 0 Å². The Kier molecular flexibility index (Phi) is 8.56. The molecule has 2 atom stereocenters. The molecule has 1 aliphatic rings. The Hall–Kier alpha value is -4.13. The van der Waals surface area contributed by atoms with Crippen LogP contribution in [0.5, 0.6) is 0 Å². The molecule has 1 heterocycles. The minimum absolute atomic E-state index is 0.105. The summed E-state index contributed by atoms with van der Waals surface area (Å²) in [5.41, 5.74) is 1.73. The monoisotopic (exact) mass is 499 g/mol. The largest absolute Gasteiger partial charge is 0.445 e. The third-order valence-electron chi connectivity index (χ3n) is 6.88. The molecule has 0 saturated carbocycles. The highest BCUT2D eigenvalue weighted by atomic mass is 16.5. The SMILES string of the molecule is CNC(=O)C(Cc1ccccc1)N1CC[C@](CCc2ccccc2)(NC(=O)OCc2ccccc2)C1=O. The number of nitrogens with one attached hydrogen (secondary N) is 2. The summed E-state index contributed by atoms with van der Waals surface area (Å²) < 4.78 is 5.48. The molecule has 7 nitrogen and oxygen atoms in total. The Morgan fingerprint density at radius 1 is 0.892 bits per heavy atom. The Morgan fingerprint density at radius 2 is 1.46 bits per heavy atom. The summed E-state index contributed by atoms with van der Waals surface area (Å²) in [6.07, 6.45) is 1.13. The molecule has 1 aliphatic heterocycles. The van der Waals surface area contributed by atoms with Crippen LogP contribution in [0.4, 0.5) is 4.79 Å². The molecule has 0 spiro atoms. The predicted octanol–water partition coefficient (Wildman–Crippen LogP) is 3.87. The maximum Gasteiger partial charge on any atom is 0.408 e. The molecule has 0 aromatic heterocycles. The van der Waals surface area contributed by atoms with Gasteiger partial charge in [0.05, 0.1) is 0 Å². The number of hydrogen-bond acceptors (Lipinski definition) is 4. The Balaban J connectivity index is 1.54. The number of nitrogens with zero attached hydrogens (tertiary/aromatic N) is 1. The second-order valence-corrected chi connectivity index (χ2v) is 9.32. The standard InChI is InChI=1S/C30H33N3O4/c1-31-27(34)26(21-24-13-7-3-8-14-24)33-20-19-30(28(33)35,18-17-23-11-5-2-6-12-23)32-29(36)37-22-25-15-9-4-10-16-25/h2-16,26H,17-22H2,1H3,(H,31,34)(H,32,36)/t26?,30-/m0/s1. The molecule has 3 aromatic carbocycles. The molecule has 3 amide bonds. The van der Waals surface area contributed by atoms with E-state index in [-0.39, 0.29) is 18.4 Å². The van der Waals surface area contributed by atoms with Gasteiger partial charge in [0.2, 0.25) is 11.8 Å². The number of carbonyl (C=O) groups is 3. The van der Waals surface area contributed by atoms with E-state index in [1.807, 2.05) is 91.0 Å². The van der Waals surface area contributed by atoms with Crippen LogP contribution in [0.15, 0.2) is 91.0 Å². The number of alkyl carbamates (subject to hydrolysis) is 1. The smallest absolute Gasteiger partial charge is 0.408 e. The molecule has 37 heavy (non-hydrogen) atoms. The summed E-state index contributed by atoms with van der Waals surface area (Å²) in [5.74, 6) is -0.493. The first-order chi connectivity index (χ1) is 18.0. The first kappa shape index (κ1) is 25.9. The summed E-state index contributed by atoms with van der Waals surface area (Å²) in [6, 6.07) is 28.2. The van der Waals surface area contributed by atoms with E-state index in [2.05, 4.69) is 10.6 Å². The van der Waals surface area contributed by atoms with Gasteiger partial charge in [0.15, 0.2) is 0 Å². The number of rotatable bonds is 10. The second kappa shape index (κ2) is 12.2. The van der Waals surface area contributed by atoms with Crippen LogP contribution in [0.2, 0.25) is 0 Å². The summed E-state index contributed by atoms with van der Waals surface area (Å²) in [6.45, 7) is 0.464. The van der Waals surface area contributed by atoms with Gasteiger partial charge >= 0.3 is 6.09 Å². The van der Waals surface area contributed by atoms with Crippen LogP contribution in [0.3, 0.4) is 0 Å². The fourth-order valence-electron chi connectivity index (χ4n) is 4.81. The topological polar surface area (TPSA) is 87.7 Å². The lowest BCUT2D eigenvalue weighted by atomic mass is 9.89. The van der Waals surface area contributed by atoms with Crippen molar-refractivity contribution in [2.75, 3.05) is 13.6 Å². The quantitative estimate of drug-likeness (QED) is 0.443. The van der Waals surface area contributed by atoms with Crippen molar-refractivity contribution in [3.63, 3.8) is 0 Å². The van der Waals surface area contributed by atoms with E-state index in [9.17, 15) is 14.4 Å². The summed E-state index contributed by atoms with van der Waals surface area (Å²) in [4.78, 5) is 41.4. The molecule has 192 valence electrons. The minimum atomic E-state index is -1.16. The van der Waals surface area contributed by atoms with Crippen molar-refractivity contribution < 1.29 is 19.1 Å². The lowest BCUT2D eigenvalue weighted by molar-refractivity contribution is -0.140. The van der Waals surface area contributed by atoms with Crippen LogP contribution in [-0.4, -0.2) is 48.0 Å². The highest BCUT2D eigenvalue weighted by molar-refractivity contribution is 5.96. The first-order valence-corrected chi connectivity index (χ1v) is 12.6. The molecule has 7 heteroatoms. The molecular formula is C30H33N3O4. The van der Waals surface area contributed by atoms with E-state index in [4.69, 9.17) is 4.74 Å². The molecule has 2 N–H and O–H groups in total. The Labute approximate surface area is 217 Å². The van der Waals surface area contributed by atoms with Crippen molar-refractivity contribution in [1.29, 1.82) is 0 Å². The van der Waals surface area contributed by atoms with E-state index < -0.39 is 17.7 Å². The van der Waals surface area contributed by atoms with Gasteiger partial charge in [-0.05, 0) is 36.0 Å². The summed E-state index contributed by atoms with van der Waals surface area (Å²) in [5, 5.41) is 5.61. The van der Waals surface area contributed by atoms with Crippen molar-refractivity contribution in [3.05, 3.63) is 108 Å². The molecule has 1 saturated heterocycles. The van der Waals surface area contributed by atoms with E-state index in [1.165, 1.54) is 0 Å². The Morgan fingerprint density at radius 3 is 2.05 bits per heavy atom. The van der Waals surface area contributed by atoms with Gasteiger partial charge in [-0.1, -0.05) is 91.0 Å². The van der Waals surface area contributed by atoms with Gasteiger partial charge in [0.1, 0.15) is 18.2 Å². The highest BCUT2D eigenvalue weighted by Crippen LogP contribution is 2.31. The lowest BCUT2D eigenvalue weighted by Crippen LogP contribution is -2.57. The number of ether oxygens (including phenoxy) is 1. The van der Waals surface area contributed by atoms with Crippen molar-refractivity contribution in [1.82, 2.24) is 15.5 Å². The zero-order chi connectivity index (χ0) is 26.1. The fourth-order valence-corrected chi connectivity index (χ4v) is 4.81. The zero-order valence-corrected chi connectivity index (χ0v) is 21.1. The number of amides is 3. The van der Waals surface area contributed by atoms with Crippen LogP contribution in [0.1, 0.15) is 29.5 Å². The van der Waals surface area contributed by atoms with Crippen LogP contribution in [0, 0.1) is 0 Å². The fraction of sp³-hybridized carbons (Fsp3) is 0.300. The second-order valence-electron chi connectivity index (χ2n) is 9.32. The number of hydrogen-bond donors (Lipinski definition) is 2. The van der Waals surface area contributed by atoms with Crippen molar-refractivity contribution in [2.24, 2.45) is 0 Å². The molecule has 1 fully saturated rings. The molecule has 0 aliphatic carbocycles. The molecule has 0 radical (unpaired) electrons. The third-order valence-corrected chi connectivity index (χ3v) is 6.88. The highest BCUT2D eigenvalue weighted by Gasteiger charge is 2.50. The van der Waals surface area contributed by atoms with Crippen LogP contribution < -0.4 is 10.6 Å². The van der Waals surface area contributed by atoms with Gasteiger partial charge in [-0.3, -0.25) is 9.59 Å². The van der Waals surface area contributed by atoms with Crippen molar-refractivity contribution in [3.8, 4) is 0 Å². The Bertz CT molecular complexity index is 1190.